The van der Waals surface area contributed by atoms with Crippen LogP contribution in [-0.2, 0) is 4.79 Å². The van der Waals surface area contributed by atoms with E-state index in [4.69, 9.17) is 21.1 Å². The number of ether oxygens (including phenoxy) is 2. The van der Waals surface area contributed by atoms with E-state index in [0.717, 1.165) is 22.6 Å². The van der Waals surface area contributed by atoms with Gasteiger partial charge in [-0.1, -0.05) is 35.9 Å². The summed E-state index contributed by atoms with van der Waals surface area (Å²) in [6.45, 7) is 4.09. The number of anilines is 1. The highest BCUT2D eigenvalue weighted by Crippen LogP contribution is 2.43. The van der Waals surface area contributed by atoms with E-state index in [2.05, 4.69) is 6.92 Å². The summed E-state index contributed by atoms with van der Waals surface area (Å²) in [5.41, 5.74) is 4.03. The number of nitrogens with zero attached hydrogens (tertiary/aromatic N) is 1. The van der Waals surface area contributed by atoms with Crippen LogP contribution in [0.5, 0.6) is 11.5 Å². The van der Waals surface area contributed by atoms with E-state index >= 15 is 0 Å². The van der Waals surface area contributed by atoms with Crippen LogP contribution in [0.15, 0.2) is 66.7 Å². The first-order valence-electron chi connectivity index (χ1n) is 9.45. The van der Waals surface area contributed by atoms with E-state index in [1.54, 1.807) is 24.1 Å². The van der Waals surface area contributed by atoms with E-state index in [1.807, 2.05) is 61.5 Å². The van der Waals surface area contributed by atoms with Gasteiger partial charge < -0.3 is 9.47 Å². The summed E-state index contributed by atoms with van der Waals surface area (Å²) >= 11 is 6.49. The van der Waals surface area contributed by atoms with Crippen molar-refractivity contribution in [1.82, 2.24) is 0 Å². The van der Waals surface area contributed by atoms with E-state index in [0.29, 0.717) is 10.8 Å². The van der Waals surface area contributed by atoms with Crippen molar-refractivity contribution in [2.45, 2.75) is 26.0 Å². The highest BCUT2D eigenvalue weighted by molar-refractivity contribution is 6.31. The number of carbonyl (C=O) groups excluding carboxylic acids is 1. The molecule has 4 rings (SSSR count). The Morgan fingerprint density at radius 1 is 0.897 bits per heavy atom. The van der Waals surface area contributed by atoms with Crippen LogP contribution in [0.1, 0.15) is 22.7 Å². The van der Waals surface area contributed by atoms with Gasteiger partial charge in [-0.2, -0.15) is 0 Å². The molecule has 1 fully saturated rings. The monoisotopic (exact) mass is 407 g/mol. The summed E-state index contributed by atoms with van der Waals surface area (Å²) in [5, 5.41) is 0.613. The number of hydrogen-bond acceptors (Lipinski definition) is 3. The quantitative estimate of drug-likeness (QED) is 0.524. The molecule has 1 aliphatic rings. The molecule has 0 radical (unpaired) electrons. The smallest absolute Gasteiger partial charge is 0.271 e. The van der Waals surface area contributed by atoms with Gasteiger partial charge in [-0.05, 0) is 73.0 Å². The molecule has 1 heterocycles. The van der Waals surface area contributed by atoms with Crippen LogP contribution in [0.2, 0.25) is 5.02 Å². The van der Waals surface area contributed by atoms with E-state index in [1.165, 1.54) is 5.56 Å². The Morgan fingerprint density at radius 2 is 1.59 bits per heavy atom. The Hall–Kier alpha value is -2.98. The number of halogens is 1. The summed E-state index contributed by atoms with van der Waals surface area (Å²) in [6, 6.07) is 20.5. The van der Waals surface area contributed by atoms with Gasteiger partial charge in [-0.25, -0.2) is 0 Å². The summed E-state index contributed by atoms with van der Waals surface area (Å²) < 4.78 is 11.3. The molecule has 3 aromatic carbocycles. The fourth-order valence-corrected chi connectivity index (χ4v) is 3.81. The maximum Gasteiger partial charge on any atom is 0.271 e. The molecule has 0 N–H and O–H groups in total. The molecule has 4 nitrogen and oxygen atoms in total. The molecule has 0 aliphatic carbocycles. The zero-order chi connectivity index (χ0) is 20.5. The number of β-lactam (4-membered cyclic amide) rings is 1. The first kappa shape index (κ1) is 19.3. The van der Waals surface area contributed by atoms with Crippen LogP contribution in [0.3, 0.4) is 0 Å². The van der Waals surface area contributed by atoms with Crippen LogP contribution in [0, 0.1) is 13.8 Å². The zero-order valence-electron chi connectivity index (χ0n) is 16.6. The maximum absolute atomic E-state index is 13.1. The highest BCUT2D eigenvalue weighted by atomic mass is 35.5. The van der Waals surface area contributed by atoms with Gasteiger partial charge in [0.1, 0.15) is 17.5 Å². The van der Waals surface area contributed by atoms with Gasteiger partial charge in [-0.3, -0.25) is 9.69 Å². The number of carbonyl (C=O) groups is 1. The van der Waals surface area contributed by atoms with Crippen molar-refractivity contribution < 1.29 is 14.3 Å². The molecule has 0 aromatic heterocycles. The summed E-state index contributed by atoms with van der Waals surface area (Å²) in [7, 11) is 1.61. The Morgan fingerprint density at radius 3 is 2.24 bits per heavy atom. The minimum atomic E-state index is -0.648. The fraction of sp³-hybridized carbons (Fsp3) is 0.208. The highest BCUT2D eigenvalue weighted by Gasteiger charge is 2.51. The molecule has 148 valence electrons. The average molecular weight is 408 g/mol. The lowest BCUT2D eigenvalue weighted by atomic mass is 9.89. The molecule has 5 heteroatoms. The number of aryl methyl sites for hydroxylation is 2. The van der Waals surface area contributed by atoms with Crippen LogP contribution < -0.4 is 14.4 Å². The second-order valence-electron chi connectivity index (χ2n) is 7.16. The molecule has 0 saturated carbocycles. The first-order valence-corrected chi connectivity index (χ1v) is 9.83. The van der Waals surface area contributed by atoms with E-state index in [-0.39, 0.29) is 11.9 Å². The number of benzene rings is 3. The minimum Gasteiger partial charge on any atom is -0.497 e. The third-order valence-corrected chi connectivity index (χ3v) is 5.70. The molecule has 29 heavy (non-hydrogen) atoms. The molecule has 0 bridgehead atoms. The molecular weight excluding hydrogens is 386 g/mol. The molecule has 0 spiro atoms. The third-order valence-electron chi connectivity index (χ3n) is 5.36. The van der Waals surface area contributed by atoms with Gasteiger partial charge >= 0.3 is 0 Å². The second kappa shape index (κ2) is 7.80. The Bertz CT molecular complexity index is 1050. The first-order chi connectivity index (χ1) is 14.0. The minimum absolute atomic E-state index is 0.0889. The van der Waals surface area contributed by atoms with Gasteiger partial charge in [0.25, 0.3) is 5.91 Å². The largest absolute Gasteiger partial charge is 0.497 e. The Kier molecular flexibility index (Phi) is 5.20. The number of hydrogen-bond donors (Lipinski definition) is 0. The maximum atomic E-state index is 13.1. The molecule has 1 aliphatic heterocycles. The summed E-state index contributed by atoms with van der Waals surface area (Å²) in [6.07, 6.45) is -0.648. The standard InChI is InChI=1S/C24H22ClNO3/c1-15-8-9-17(14-16(15)2)26-22(20-6-4-5-7-21(20)25)23(24(26)27)29-19-12-10-18(28-3)11-13-19/h4-14,22-23H,1-3H3/t22-,23+/m0/s1. The van der Waals surface area contributed by atoms with Crippen LogP contribution in [0.4, 0.5) is 5.69 Å². The normalized spacial score (nSPS) is 18.3. The molecule has 0 unspecified atom stereocenters. The van der Waals surface area contributed by atoms with Crippen molar-refractivity contribution >= 4 is 23.2 Å². The van der Waals surface area contributed by atoms with Crippen LogP contribution >= 0.6 is 11.6 Å². The lowest BCUT2D eigenvalue weighted by Crippen LogP contribution is -2.61. The van der Waals surface area contributed by atoms with Crippen molar-refractivity contribution in [1.29, 1.82) is 0 Å². The average Bonchev–Trinajstić information content (AvgIpc) is 2.73. The van der Waals surface area contributed by atoms with Crippen LogP contribution in [-0.4, -0.2) is 19.1 Å². The van der Waals surface area contributed by atoms with Crippen molar-refractivity contribution in [2.24, 2.45) is 0 Å². The molecule has 2 atom stereocenters. The van der Waals surface area contributed by atoms with Gasteiger partial charge in [-0.15, -0.1) is 0 Å². The number of rotatable bonds is 5. The predicted octanol–water partition coefficient (Wildman–Crippen LogP) is 5.50. The van der Waals surface area contributed by atoms with Gasteiger partial charge in [0.15, 0.2) is 0 Å². The Labute approximate surface area is 175 Å². The van der Waals surface area contributed by atoms with E-state index < -0.39 is 6.10 Å². The second-order valence-corrected chi connectivity index (χ2v) is 7.56. The fourth-order valence-electron chi connectivity index (χ4n) is 3.56. The van der Waals surface area contributed by atoms with Gasteiger partial charge in [0, 0.05) is 10.7 Å². The predicted molar refractivity (Wildman–Crippen MR) is 115 cm³/mol. The van der Waals surface area contributed by atoms with Crippen LogP contribution in [0.25, 0.3) is 0 Å². The molecule has 3 aromatic rings. The lowest BCUT2D eigenvalue weighted by molar-refractivity contribution is -0.135. The SMILES string of the molecule is COc1ccc(O[C@H]2C(=O)N(c3ccc(C)c(C)c3)[C@H]2c2ccccc2Cl)cc1. The lowest BCUT2D eigenvalue weighted by Gasteiger charge is -2.47. The number of amides is 1. The molecule has 1 saturated heterocycles. The van der Waals surface area contributed by atoms with Crippen molar-refractivity contribution in [3.63, 3.8) is 0 Å². The van der Waals surface area contributed by atoms with Gasteiger partial charge in [0.05, 0.1) is 7.11 Å². The third kappa shape index (κ3) is 3.56. The summed E-state index contributed by atoms with van der Waals surface area (Å²) in [4.78, 5) is 14.9. The van der Waals surface area contributed by atoms with Crippen molar-refractivity contribution in [3.8, 4) is 11.5 Å². The van der Waals surface area contributed by atoms with Crippen molar-refractivity contribution in [3.05, 3.63) is 88.4 Å². The zero-order valence-corrected chi connectivity index (χ0v) is 17.3. The molecule has 1 amide bonds. The number of methoxy groups -OCH3 is 1. The van der Waals surface area contributed by atoms with E-state index in [9.17, 15) is 4.79 Å². The van der Waals surface area contributed by atoms with Gasteiger partial charge in [0.2, 0.25) is 6.10 Å². The summed E-state index contributed by atoms with van der Waals surface area (Å²) in [5.74, 6) is 1.26. The molecular formula is C24H22ClNO3. The van der Waals surface area contributed by atoms with Crippen molar-refractivity contribution in [2.75, 3.05) is 12.0 Å². The topological polar surface area (TPSA) is 38.8 Å². The Balaban J connectivity index is 1.70.